The number of aryl methyl sites for hydroxylation is 1. The predicted octanol–water partition coefficient (Wildman–Crippen LogP) is 3.98. The lowest BCUT2D eigenvalue weighted by atomic mass is 10.0. The average Bonchev–Trinajstić information content (AvgIpc) is 3.31. The van der Waals surface area contributed by atoms with E-state index in [0.717, 1.165) is 11.3 Å². The second kappa shape index (κ2) is 7.77. The fourth-order valence-corrected chi connectivity index (χ4v) is 4.42. The summed E-state index contributed by atoms with van der Waals surface area (Å²) in [6.07, 6.45) is 3.16. The molecule has 1 atom stereocenters. The number of anilines is 2. The average molecular weight is 446 g/mol. The van der Waals surface area contributed by atoms with Crippen LogP contribution in [-0.2, 0) is 7.05 Å². The van der Waals surface area contributed by atoms with E-state index in [0.29, 0.717) is 34.4 Å². The normalized spacial score (nSPS) is 16.1. The third kappa shape index (κ3) is 3.32. The fourth-order valence-electron chi connectivity index (χ4n) is 4.42. The number of aromatic nitrogens is 3. The minimum absolute atomic E-state index is 0.176. The van der Waals surface area contributed by atoms with Gasteiger partial charge < -0.3 is 19.9 Å². The highest BCUT2D eigenvalue weighted by Crippen LogP contribution is 2.37. The van der Waals surface area contributed by atoms with Crippen LogP contribution in [0.25, 0.3) is 22.2 Å². The summed E-state index contributed by atoms with van der Waals surface area (Å²) in [5.41, 5.74) is 9.10. The standard InChI is InChI=1S/C24H23FN6O2/c1-29-11-18(21-22(26)27-13-28-23(21)29)17-8-7-15(10-19(17)25)31-12-20(30(2)24(31)32)14-5-4-6-16(9-14)33-3/h4-11,13,20H,12H2,1-3H3,(H2,26,27,28). The molecule has 3 heterocycles. The largest absolute Gasteiger partial charge is 0.497 e. The molecule has 1 aliphatic rings. The van der Waals surface area contributed by atoms with Crippen molar-refractivity contribution in [2.75, 3.05) is 31.3 Å². The number of ether oxygens (including phenoxy) is 1. The SMILES string of the molecule is COc1cccc(C2CN(c3ccc(-c4cn(C)c5ncnc(N)c45)c(F)c3)C(=O)N2C)c1. The molecule has 5 rings (SSSR count). The topological polar surface area (TPSA) is 89.5 Å². The van der Waals surface area contributed by atoms with Gasteiger partial charge >= 0.3 is 6.03 Å². The van der Waals surface area contributed by atoms with Crippen LogP contribution in [0.2, 0.25) is 0 Å². The first-order valence-corrected chi connectivity index (χ1v) is 10.4. The van der Waals surface area contributed by atoms with E-state index >= 15 is 4.39 Å². The number of nitrogens with zero attached hydrogens (tertiary/aromatic N) is 5. The minimum Gasteiger partial charge on any atom is -0.497 e. The Balaban J connectivity index is 1.50. The van der Waals surface area contributed by atoms with Crippen LogP contribution < -0.4 is 15.4 Å². The molecule has 1 unspecified atom stereocenters. The second-order valence-corrected chi connectivity index (χ2v) is 8.07. The van der Waals surface area contributed by atoms with Gasteiger partial charge in [0.25, 0.3) is 0 Å². The van der Waals surface area contributed by atoms with Crippen molar-refractivity contribution in [3.8, 4) is 16.9 Å². The number of amides is 2. The third-order valence-corrected chi connectivity index (χ3v) is 6.17. The second-order valence-electron chi connectivity index (χ2n) is 8.07. The number of halogens is 1. The zero-order valence-electron chi connectivity index (χ0n) is 18.5. The molecule has 4 aromatic rings. The van der Waals surface area contributed by atoms with E-state index in [-0.39, 0.29) is 17.9 Å². The van der Waals surface area contributed by atoms with Crippen molar-refractivity contribution in [2.45, 2.75) is 6.04 Å². The van der Waals surface area contributed by atoms with Gasteiger partial charge in [0.05, 0.1) is 25.1 Å². The molecule has 2 aromatic carbocycles. The number of hydrogen-bond donors (Lipinski definition) is 1. The number of benzene rings is 2. The maximum atomic E-state index is 15.3. The van der Waals surface area contributed by atoms with E-state index in [1.807, 2.05) is 31.3 Å². The lowest BCUT2D eigenvalue weighted by molar-refractivity contribution is 0.219. The van der Waals surface area contributed by atoms with Crippen molar-refractivity contribution < 1.29 is 13.9 Å². The number of carbonyl (C=O) groups excluding carboxylic acids is 1. The molecule has 0 radical (unpaired) electrons. The van der Waals surface area contributed by atoms with Crippen LogP contribution in [0.1, 0.15) is 11.6 Å². The van der Waals surface area contributed by atoms with Crippen LogP contribution >= 0.6 is 0 Å². The zero-order chi connectivity index (χ0) is 23.3. The summed E-state index contributed by atoms with van der Waals surface area (Å²) in [5, 5.41) is 0.599. The highest BCUT2D eigenvalue weighted by molar-refractivity contribution is 6.01. The number of carbonyl (C=O) groups is 1. The molecule has 2 aromatic heterocycles. The van der Waals surface area contributed by atoms with Gasteiger partial charge in [-0.1, -0.05) is 12.1 Å². The number of rotatable bonds is 4. The Labute approximate surface area is 190 Å². The van der Waals surface area contributed by atoms with Gasteiger partial charge in [-0.15, -0.1) is 0 Å². The van der Waals surface area contributed by atoms with Crippen molar-refractivity contribution in [3.63, 3.8) is 0 Å². The minimum atomic E-state index is -0.455. The van der Waals surface area contributed by atoms with Crippen LogP contribution in [0.3, 0.4) is 0 Å². The fraction of sp³-hybridized carbons (Fsp3) is 0.208. The Morgan fingerprint density at radius 2 is 1.94 bits per heavy atom. The monoisotopic (exact) mass is 446 g/mol. The smallest absolute Gasteiger partial charge is 0.324 e. The van der Waals surface area contributed by atoms with Crippen molar-refractivity contribution in [1.29, 1.82) is 0 Å². The first kappa shape index (κ1) is 20.7. The van der Waals surface area contributed by atoms with E-state index < -0.39 is 5.82 Å². The Morgan fingerprint density at radius 3 is 2.70 bits per heavy atom. The summed E-state index contributed by atoms with van der Waals surface area (Å²) in [6, 6.07) is 12.0. The van der Waals surface area contributed by atoms with Gasteiger partial charge in [-0.05, 0) is 35.9 Å². The number of nitrogens with two attached hydrogens (primary N) is 1. The lowest BCUT2D eigenvalue weighted by Crippen LogP contribution is -2.29. The molecule has 0 saturated carbocycles. The number of methoxy groups -OCH3 is 1. The molecule has 168 valence electrons. The molecule has 8 nitrogen and oxygen atoms in total. The first-order valence-electron chi connectivity index (χ1n) is 10.4. The summed E-state index contributed by atoms with van der Waals surface area (Å²) in [6.45, 7) is 0.399. The van der Waals surface area contributed by atoms with Gasteiger partial charge in [0, 0.05) is 37.1 Å². The Kier molecular flexibility index (Phi) is 4.88. The van der Waals surface area contributed by atoms with Crippen molar-refractivity contribution >= 4 is 28.6 Å². The lowest BCUT2D eigenvalue weighted by Gasteiger charge is -2.18. The third-order valence-electron chi connectivity index (χ3n) is 6.17. The van der Waals surface area contributed by atoms with E-state index in [2.05, 4.69) is 9.97 Å². The molecule has 1 aliphatic heterocycles. The Bertz CT molecular complexity index is 1380. The molecule has 2 amide bonds. The van der Waals surface area contributed by atoms with Crippen LogP contribution in [0.5, 0.6) is 5.75 Å². The molecular weight excluding hydrogens is 423 g/mol. The van der Waals surface area contributed by atoms with Gasteiger partial charge in [0.2, 0.25) is 0 Å². The Morgan fingerprint density at radius 1 is 1.12 bits per heavy atom. The highest BCUT2D eigenvalue weighted by Gasteiger charge is 2.37. The number of urea groups is 1. The van der Waals surface area contributed by atoms with Gasteiger partial charge in [-0.3, -0.25) is 4.90 Å². The molecule has 9 heteroatoms. The van der Waals surface area contributed by atoms with Crippen LogP contribution in [0, 0.1) is 5.82 Å². The van der Waals surface area contributed by atoms with Crippen LogP contribution in [0.4, 0.5) is 20.7 Å². The maximum absolute atomic E-state index is 15.3. The van der Waals surface area contributed by atoms with Gasteiger partial charge in [-0.2, -0.15) is 0 Å². The van der Waals surface area contributed by atoms with Gasteiger partial charge in [0.15, 0.2) is 0 Å². The zero-order valence-corrected chi connectivity index (χ0v) is 18.5. The first-order chi connectivity index (χ1) is 15.9. The summed E-state index contributed by atoms with van der Waals surface area (Å²) in [7, 11) is 5.17. The number of likely N-dealkylation sites (N-methyl/N-ethyl adjacent to an activating group) is 1. The van der Waals surface area contributed by atoms with Gasteiger partial charge in [0.1, 0.15) is 29.4 Å². The molecule has 2 N–H and O–H groups in total. The maximum Gasteiger partial charge on any atom is 0.324 e. The summed E-state index contributed by atoms with van der Waals surface area (Å²) < 4.78 is 22.4. The summed E-state index contributed by atoms with van der Waals surface area (Å²) in [4.78, 5) is 24.5. The number of fused-ring (bicyclic) bond motifs is 1. The molecule has 0 bridgehead atoms. The van der Waals surface area contributed by atoms with E-state index in [4.69, 9.17) is 10.5 Å². The molecule has 33 heavy (non-hydrogen) atoms. The van der Waals surface area contributed by atoms with E-state index in [1.165, 1.54) is 12.4 Å². The van der Waals surface area contributed by atoms with Crippen molar-refractivity contribution in [3.05, 3.63) is 66.4 Å². The van der Waals surface area contributed by atoms with E-state index in [1.54, 1.807) is 46.9 Å². The van der Waals surface area contributed by atoms with Crippen molar-refractivity contribution in [1.82, 2.24) is 19.4 Å². The molecule has 0 spiro atoms. The summed E-state index contributed by atoms with van der Waals surface area (Å²) >= 11 is 0. The number of hydrogen-bond acceptors (Lipinski definition) is 5. The molecular formula is C24H23FN6O2. The number of nitrogen functional groups attached to an aromatic ring is 1. The molecule has 0 aliphatic carbocycles. The highest BCUT2D eigenvalue weighted by atomic mass is 19.1. The van der Waals surface area contributed by atoms with Gasteiger partial charge in [-0.25, -0.2) is 19.2 Å². The van der Waals surface area contributed by atoms with Crippen LogP contribution in [0.15, 0.2) is 55.0 Å². The van der Waals surface area contributed by atoms with Crippen molar-refractivity contribution in [2.24, 2.45) is 7.05 Å². The summed E-state index contributed by atoms with van der Waals surface area (Å²) in [5.74, 6) is 0.556. The molecule has 1 saturated heterocycles. The van der Waals surface area contributed by atoms with E-state index in [9.17, 15) is 4.79 Å². The van der Waals surface area contributed by atoms with Crippen LogP contribution in [-0.4, -0.2) is 46.2 Å². The molecule has 1 fully saturated rings. The quantitative estimate of drug-likeness (QED) is 0.512. The predicted molar refractivity (Wildman–Crippen MR) is 125 cm³/mol. The Hall–Kier alpha value is -4.14.